The summed E-state index contributed by atoms with van der Waals surface area (Å²) in [4.78, 5) is 3.18. The van der Waals surface area contributed by atoms with Gasteiger partial charge in [-0.1, -0.05) is 12.1 Å². The monoisotopic (exact) mass is 344 g/mol. The van der Waals surface area contributed by atoms with Gasteiger partial charge < -0.3 is 5.32 Å². The van der Waals surface area contributed by atoms with E-state index in [1.807, 2.05) is 17.5 Å². The summed E-state index contributed by atoms with van der Waals surface area (Å²) in [7, 11) is 0. The standard InChI is InChI=1S/C16H16F4N2S/c17-13-10-11(3-4-12(13)16(18,19)20)15(14-2-1-9-23-14)22-7-5-21-6-8-22/h1-4,9-10,15,21H,5-8H2/t15-/m1/s1. The summed E-state index contributed by atoms with van der Waals surface area (Å²) in [6.45, 7) is 3.16. The molecule has 7 heteroatoms. The highest BCUT2D eigenvalue weighted by Gasteiger charge is 2.35. The van der Waals surface area contributed by atoms with Crippen LogP contribution in [0.4, 0.5) is 17.6 Å². The minimum absolute atomic E-state index is 0.214. The number of benzene rings is 1. The third-order valence-corrected chi connectivity index (χ3v) is 4.87. The molecular weight excluding hydrogens is 328 g/mol. The molecule has 2 heterocycles. The van der Waals surface area contributed by atoms with Gasteiger partial charge in [0.05, 0.1) is 11.6 Å². The summed E-state index contributed by atoms with van der Waals surface area (Å²) in [5.74, 6) is -1.22. The second kappa shape index (κ2) is 6.59. The third kappa shape index (κ3) is 3.57. The van der Waals surface area contributed by atoms with Crippen molar-refractivity contribution < 1.29 is 17.6 Å². The van der Waals surface area contributed by atoms with Crippen LogP contribution in [0.25, 0.3) is 0 Å². The molecule has 124 valence electrons. The topological polar surface area (TPSA) is 15.3 Å². The highest BCUT2D eigenvalue weighted by atomic mass is 32.1. The molecule has 1 aromatic carbocycles. The number of nitrogens with zero attached hydrogens (tertiary/aromatic N) is 1. The average molecular weight is 344 g/mol. The van der Waals surface area contributed by atoms with E-state index in [1.54, 1.807) is 0 Å². The molecule has 0 bridgehead atoms. The summed E-state index contributed by atoms with van der Waals surface area (Å²) in [5.41, 5.74) is -0.661. The largest absolute Gasteiger partial charge is 0.419 e. The van der Waals surface area contributed by atoms with Crippen LogP contribution in [-0.2, 0) is 6.18 Å². The molecule has 1 aliphatic heterocycles. The minimum atomic E-state index is -4.67. The fourth-order valence-corrected chi connectivity index (χ4v) is 3.76. The first-order valence-electron chi connectivity index (χ1n) is 7.31. The van der Waals surface area contributed by atoms with E-state index in [0.717, 1.165) is 43.2 Å². The fraction of sp³-hybridized carbons (Fsp3) is 0.375. The molecule has 0 saturated carbocycles. The second-order valence-electron chi connectivity index (χ2n) is 5.44. The Morgan fingerprint density at radius 1 is 1.13 bits per heavy atom. The van der Waals surface area contributed by atoms with Crippen molar-refractivity contribution in [3.05, 3.63) is 57.5 Å². The van der Waals surface area contributed by atoms with E-state index in [2.05, 4.69) is 10.2 Å². The van der Waals surface area contributed by atoms with Crippen molar-refractivity contribution in [3.8, 4) is 0 Å². The zero-order chi connectivity index (χ0) is 16.4. The van der Waals surface area contributed by atoms with Crippen molar-refractivity contribution in [2.75, 3.05) is 26.2 Å². The summed E-state index contributed by atoms with van der Waals surface area (Å²) in [6.07, 6.45) is -4.67. The normalized spacial score (nSPS) is 18.1. The number of hydrogen-bond donors (Lipinski definition) is 1. The molecular formula is C16H16F4N2S. The van der Waals surface area contributed by atoms with Gasteiger partial charge in [-0.15, -0.1) is 11.3 Å². The van der Waals surface area contributed by atoms with E-state index in [4.69, 9.17) is 0 Å². The van der Waals surface area contributed by atoms with Gasteiger partial charge in [-0.3, -0.25) is 4.90 Å². The van der Waals surface area contributed by atoms with Gasteiger partial charge >= 0.3 is 6.18 Å². The number of alkyl halides is 3. The van der Waals surface area contributed by atoms with Gasteiger partial charge in [0.25, 0.3) is 0 Å². The van der Waals surface area contributed by atoms with E-state index >= 15 is 0 Å². The first-order valence-corrected chi connectivity index (χ1v) is 8.19. The lowest BCUT2D eigenvalue weighted by atomic mass is 10.0. The Hall–Kier alpha value is -1.44. The molecule has 1 fully saturated rings. The van der Waals surface area contributed by atoms with Crippen LogP contribution in [-0.4, -0.2) is 31.1 Å². The van der Waals surface area contributed by atoms with Gasteiger partial charge in [-0.05, 0) is 29.1 Å². The molecule has 1 saturated heterocycles. The molecule has 1 aromatic heterocycles. The van der Waals surface area contributed by atoms with Crippen LogP contribution in [0, 0.1) is 5.82 Å². The molecule has 2 nitrogen and oxygen atoms in total. The molecule has 0 aliphatic carbocycles. The van der Waals surface area contributed by atoms with Crippen molar-refractivity contribution in [1.29, 1.82) is 0 Å². The highest BCUT2D eigenvalue weighted by Crippen LogP contribution is 2.36. The quantitative estimate of drug-likeness (QED) is 0.850. The zero-order valence-electron chi connectivity index (χ0n) is 12.2. The minimum Gasteiger partial charge on any atom is -0.314 e. The van der Waals surface area contributed by atoms with E-state index < -0.39 is 17.6 Å². The second-order valence-corrected chi connectivity index (χ2v) is 6.42. The van der Waals surface area contributed by atoms with Gasteiger partial charge in [-0.25, -0.2) is 4.39 Å². The number of halogens is 4. The number of nitrogens with one attached hydrogen (secondary N) is 1. The van der Waals surface area contributed by atoms with Crippen LogP contribution >= 0.6 is 11.3 Å². The van der Waals surface area contributed by atoms with Gasteiger partial charge in [-0.2, -0.15) is 13.2 Å². The number of thiophene rings is 1. The Morgan fingerprint density at radius 2 is 1.87 bits per heavy atom. The average Bonchev–Trinajstić information content (AvgIpc) is 3.01. The van der Waals surface area contributed by atoms with Crippen LogP contribution in [0.5, 0.6) is 0 Å². The Labute approximate surface area is 135 Å². The van der Waals surface area contributed by atoms with Crippen molar-refractivity contribution in [2.24, 2.45) is 0 Å². The molecule has 0 unspecified atom stereocenters. The molecule has 0 spiro atoms. The Balaban J connectivity index is 1.98. The van der Waals surface area contributed by atoms with Crippen LogP contribution in [0.3, 0.4) is 0 Å². The van der Waals surface area contributed by atoms with E-state index in [0.29, 0.717) is 5.56 Å². The molecule has 1 atom stereocenters. The van der Waals surface area contributed by atoms with Crippen LogP contribution in [0.2, 0.25) is 0 Å². The maximum Gasteiger partial charge on any atom is 0.419 e. The number of rotatable bonds is 3. The van der Waals surface area contributed by atoms with Gasteiger partial charge in [0.15, 0.2) is 0 Å². The van der Waals surface area contributed by atoms with E-state index in [9.17, 15) is 17.6 Å². The van der Waals surface area contributed by atoms with Gasteiger partial charge in [0.2, 0.25) is 0 Å². The maximum absolute atomic E-state index is 14.0. The van der Waals surface area contributed by atoms with Crippen molar-refractivity contribution >= 4 is 11.3 Å². The molecule has 3 rings (SSSR count). The lowest BCUT2D eigenvalue weighted by Crippen LogP contribution is -2.45. The molecule has 1 N–H and O–H groups in total. The first kappa shape index (κ1) is 16.4. The van der Waals surface area contributed by atoms with Crippen LogP contribution in [0.15, 0.2) is 35.7 Å². The Kier molecular flexibility index (Phi) is 4.70. The van der Waals surface area contributed by atoms with E-state index in [1.165, 1.54) is 17.4 Å². The lowest BCUT2D eigenvalue weighted by Gasteiger charge is -2.35. The predicted molar refractivity (Wildman–Crippen MR) is 82.0 cm³/mol. The Morgan fingerprint density at radius 3 is 2.43 bits per heavy atom. The Bertz CT molecular complexity index is 649. The van der Waals surface area contributed by atoms with E-state index in [-0.39, 0.29) is 6.04 Å². The van der Waals surface area contributed by atoms with Gasteiger partial charge in [0, 0.05) is 31.1 Å². The third-order valence-electron chi connectivity index (χ3n) is 3.94. The van der Waals surface area contributed by atoms with Crippen molar-refractivity contribution in [1.82, 2.24) is 10.2 Å². The predicted octanol–water partition coefficient (Wildman–Crippen LogP) is 3.90. The number of hydrogen-bond acceptors (Lipinski definition) is 3. The zero-order valence-corrected chi connectivity index (χ0v) is 13.1. The smallest absolute Gasteiger partial charge is 0.314 e. The van der Waals surface area contributed by atoms with Crippen molar-refractivity contribution in [3.63, 3.8) is 0 Å². The first-order chi connectivity index (χ1) is 11.0. The summed E-state index contributed by atoms with van der Waals surface area (Å²) < 4.78 is 52.2. The van der Waals surface area contributed by atoms with Crippen LogP contribution in [0.1, 0.15) is 22.0 Å². The number of piperazine rings is 1. The highest BCUT2D eigenvalue weighted by molar-refractivity contribution is 7.10. The van der Waals surface area contributed by atoms with Gasteiger partial charge in [0.1, 0.15) is 5.82 Å². The van der Waals surface area contributed by atoms with Crippen LogP contribution < -0.4 is 5.32 Å². The van der Waals surface area contributed by atoms with Crippen molar-refractivity contribution in [2.45, 2.75) is 12.2 Å². The fourth-order valence-electron chi connectivity index (χ4n) is 2.87. The SMILES string of the molecule is Fc1cc([C@H](c2cccs2)N2CCNCC2)ccc1C(F)(F)F. The maximum atomic E-state index is 14.0. The summed E-state index contributed by atoms with van der Waals surface area (Å²) in [5, 5.41) is 5.17. The summed E-state index contributed by atoms with van der Waals surface area (Å²) in [6, 6.07) is 6.87. The molecule has 23 heavy (non-hydrogen) atoms. The molecule has 1 aliphatic rings. The molecule has 2 aromatic rings. The molecule has 0 radical (unpaired) electrons. The summed E-state index contributed by atoms with van der Waals surface area (Å²) >= 11 is 1.53. The lowest BCUT2D eigenvalue weighted by molar-refractivity contribution is -0.140. The molecule has 0 amide bonds.